The third-order valence-electron chi connectivity index (χ3n) is 4.25. The number of hydrogen-bond donors (Lipinski definition) is 0. The predicted molar refractivity (Wildman–Crippen MR) is 86.7 cm³/mol. The summed E-state index contributed by atoms with van der Waals surface area (Å²) >= 11 is 0. The van der Waals surface area contributed by atoms with Crippen molar-refractivity contribution in [3.8, 4) is 0 Å². The monoisotopic (exact) mass is 298 g/mol. The molecule has 0 spiro atoms. The van der Waals surface area contributed by atoms with Crippen LogP contribution in [0.2, 0.25) is 0 Å². The van der Waals surface area contributed by atoms with Gasteiger partial charge in [0.1, 0.15) is 11.3 Å². The summed E-state index contributed by atoms with van der Waals surface area (Å²) in [4.78, 5) is 19.1. The fourth-order valence-electron chi connectivity index (χ4n) is 2.86. The molecule has 3 rings (SSSR count). The lowest BCUT2D eigenvalue weighted by Crippen LogP contribution is -2.26. The van der Waals surface area contributed by atoms with Crippen molar-refractivity contribution in [1.29, 1.82) is 0 Å². The van der Waals surface area contributed by atoms with Crippen molar-refractivity contribution < 1.29 is 9.63 Å². The molecule has 1 fully saturated rings. The second-order valence-electron chi connectivity index (χ2n) is 6.23. The molecule has 4 heteroatoms. The fraction of sp³-hybridized carbons (Fsp3) is 0.444. The molecule has 0 amide bonds. The maximum Gasteiger partial charge on any atom is 0.369 e. The Balaban J connectivity index is 1.85. The molecule has 0 bridgehead atoms. The summed E-state index contributed by atoms with van der Waals surface area (Å²) in [6, 6.07) is 8.20. The molecule has 4 nitrogen and oxygen atoms in total. The van der Waals surface area contributed by atoms with Gasteiger partial charge in [-0.3, -0.25) is 0 Å². The van der Waals surface area contributed by atoms with Crippen molar-refractivity contribution in [2.75, 3.05) is 13.1 Å². The zero-order valence-electron chi connectivity index (χ0n) is 13.2. The van der Waals surface area contributed by atoms with Crippen molar-refractivity contribution >= 4 is 11.7 Å². The molecule has 0 atom stereocenters. The molecule has 0 saturated carbocycles. The minimum Gasteiger partial charge on any atom is -0.377 e. The molecule has 116 valence electrons. The maximum atomic E-state index is 12.0. The van der Waals surface area contributed by atoms with Gasteiger partial charge < -0.3 is 9.74 Å². The highest BCUT2D eigenvalue weighted by molar-refractivity contribution is 6.28. The van der Waals surface area contributed by atoms with Gasteiger partial charge in [-0.05, 0) is 30.7 Å². The van der Waals surface area contributed by atoms with Crippen LogP contribution in [0, 0.1) is 0 Å². The first-order chi connectivity index (χ1) is 10.6. The molecule has 0 unspecified atom stereocenters. The van der Waals surface area contributed by atoms with Gasteiger partial charge in [0.25, 0.3) is 0 Å². The van der Waals surface area contributed by atoms with E-state index in [1.165, 1.54) is 24.8 Å². The topological polar surface area (TPSA) is 41.9 Å². The Kier molecular flexibility index (Phi) is 4.27. The van der Waals surface area contributed by atoms with Crippen molar-refractivity contribution in [2.45, 2.75) is 39.0 Å². The fourth-order valence-corrected chi connectivity index (χ4v) is 2.86. The Labute approximate surface area is 131 Å². The molecule has 2 aliphatic rings. The van der Waals surface area contributed by atoms with Gasteiger partial charge in [0.15, 0.2) is 0 Å². The largest absolute Gasteiger partial charge is 0.377 e. The van der Waals surface area contributed by atoms with Gasteiger partial charge in [-0.15, -0.1) is 0 Å². The van der Waals surface area contributed by atoms with E-state index in [-0.39, 0.29) is 5.97 Å². The Hall–Kier alpha value is -2.10. The number of benzene rings is 1. The van der Waals surface area contributed by atoms with Crippen LogP contribution < -0.4 is 0 Å². The lowest BCUT2D eigenvalue weighted by molar-refractivity contribution is -0.136. The Bertz CT molecular complexity index is 608. The molecule has 1 aromatic rings. The molecular formula is C18H22N2O2. The number of piperidine rings is 1. The predicted octanol–water partition coefficient (Wildman–Crippen LogP) is 3.44. The van der Waals surface area contributed by atoms with Crippen LogP contribution in [0.25, 0.3) is 0 Å². The number of nitrogens with zero attached hydrogens (tertiary/aromatic N) is 2. The summed E-state index contributed by atoms with van der Waals surface area (Å²) in [6.07, 6.45) is 5.54. The molecular weight excluding hydrogens is 276 g/mol. The standard InChI is InChI=1S/C18H22N2O2/c1-13(2)14-6-8-15(9-7-14)17-16(18(21)22-19-17)12-20-10-4-3-5-11-20/h6-9,12-13H,3-5,10-11H2,1-2H3/b16-12-. The van der Waals surface area contributed by atoms with E-state index < -0.39 is 0 Å². The van der Waals surface area contributed by atoms with Gasteiger partial charge in [-0.25, -0.2) is 4.79 Å². The number of oxime groups is 1. The van der Waals surface area contributed by atoms with Crippen molar-refractivity contribution in [2.24, 2.45) is 5.16 Å². The van der Waals surface area contributed by atoms with E-state index in [1.54, 1.807) is 0 Å². The van der Waals surface area contributed by atoms with Gasteiger partial charge in [0.05, 0.1) is 0 Å². The molecule has 0 aromatic heterocycles. The van der Waals surface area contributed by atoms with E-state index >= 15 is 0 Å². The van der Waals surface area contributed by atoms with Crippen molar-refractivity contribution in [3.05, 3.63) is 47.2 Å². The normalized spacial score (nSPS) is 20.5. The molecule has 0 aliphatic carbocycles. The SMILES string of the molecule is CC(C)c1ccc(C2=NOC(=O)/C2=C\N2CCCCC2)cc1. The quantitative estimate of drug-likeness (QED) is 0.634. The summed E-state index contributed by atoms with van der Waals surface area (Å²) in [7, 11) is 0. The lowest BCUT2D eigenvalue weighted by Gasteiger charge is -2.25. The second-order valence-corrected chi connectivity index (χ2v) is 6.23. The van der Waals surface area contributed by atoms with E-state index in [0.717, 1.165) is 18.7 Å². The molecule has 1 saturated heterocycles. The van der Waals surface area contributed by atoms with Crippen LogP contribution in [0.15, 0.2) is 41.2 Å². The number of hydrogen-bond acceptors (Lipinski definition) is 4. The van der Waals surface area contributed by atoms with Gasteiger partial charge in [0.2, 0.25) is 0 Å². The molecule has 0 N–H and O–H groups in total. The van der Waals surface area contributed by atoms with Crippen LogP contribution in [0.1, 0.15) is 50.2 Å². The molecule has 2 heterocycles. The second kappa shape index (κ2) is 6.34. The first-order valence-corrected chi connectivity index (χ1v) is 8.01. The number of carbonyl (C=O) groups excluding carboxylic acids is 1. The summed E-state index contributed by atoms with van der Waals surface area (Å²) in [6.45, 7) is 6.32. The van der Waals surface area contributed by atoms with Gasteiger partial charge in [-0.1, -0.05) is 43.3 Å². The van der Waals surface area contributed by atoms with Crippen LogP contribution in [-0.4, -0.2) is 29.7 Å². The summed E-state index contributed by atoms with van der Waals surface area (Å²) < 4.78 is 0. The average Bonchev–Trinajstić information content (AvgIpc) is 2.89. The summed E-state index contributed by atoms with van der Waals surface area (Å²) in [5.41, 5.74) is 3.42. The van der Waals surface area contributed by atoms with E-state index in [1.807, 2.05) is 18.3 Å². The highest BCUT2D eigenvalue weighted by atomic mass is 16.7. The summed E-state index contributed by atoms with van der Waals surface area (Å²) in [5, 5.41) is 3.98. The van der Waals surface area contributed by atoms with Crippen molar-refractivity contribution in [1.82, 2.24) is 4.90 Å². The van der Waals surface area contributed by atoms with Gasteiger partial charge >= 0.3 is 5.97 Å². The van der Waals surface area contributed by atoms with Crippen LogP contribution in [0.3, 0.4) is 0 Å². The third-order valence-corrected chi connectivity index (χ3v) is 4.25. The minimum absolute atomic E-state index is 0.353. The van der Waals surface area contributed by atoms with Gasteiger partial charge in [0, 0.05) is 24.9 Å². The highest BCUT2D eigenvalue weighted by Gasteiger charge is 2.28. The zero-order chi connectivity index (χ0) is 15.5. The van der Waals surface area contributed by atoms with Crippen LogP contribution in [0.5, 0.6) is 0 Å². The van der Waals surface area contributed by atoms with Crippen LogP contribution in [-0.2, 0) is 9.63 Å². The highest BCUT2D eigenvalue weighted by Crippen LogP contribution is 2.22. The van der Waals surface area contributed by atoms with E-state index in [9.17, 15) is 4.79 Å². The molecule has 0 radical (unpaired) electrons. The number of rotatable bonds is 3. The average molecular weight is 298 g/mol. The summed E-state index contributed by atoms with van der Waals surface area (Å²) in [5.74, 6) is 0.134. The van der Waals surface area contributed by atoms with E-state index in [2.05, 4.69) is 36.0 Å². The van der Waals surface area contributed by atoms with Crippen LogP contribution in [0.4, 0.5) is 0 Å². The lowest BCUT2D eigenvalue weighted by atomic mass is 9.98. The van der Waals surface area contributed by atoms with Crippen molar-refractivity contribution in [3.63, 3.8) is 0 Å². The Morgan fingerprint density at radius 1 is 1.14 bits per heavy atom. The smallest absolute Gasteiger partial charge is 0.369 e. The maximum absolute atomic E-state index is 12.0. The minimum atomic E-state index is -0.353. The van der Waals surface area contributed by atoms with E-state index in [4.69, 9.17) is 4.84 Å². The first-order valence-electron chi connectivity index (χ1n) is 8.01. The number of carbonyl (C=O) groups is 1. The van der Waals surface area contributed by atoms with Gasteiger partial charge in [-0.2, -0.15) is 0 Å². The molecule has 22 heavy (non-hydrogen) atoms. The molecule has 1 aromatic carbocycles. The Morgan fingerprint density at radius 3 is 2.45 bits per heavy atom. The third kappa shape index (κ3) is 3.06. The van der Waals surface area contributed by atoms with E-state index in [0.29, 0.717) is 17.2 Å². The zero-order valence-corrected chi connectivity index (χ0v) is 13.2. The molecule has 2 aliphatic heterocycles. The number of likely N-dealkylation sites (tertiary alicyclic amines) is 1. The Morgan fingerprint density at radius 2 is 1.82 bits per heavy atom. The van der Waals surface area contributed by atoms with Crippen LogP contribution >= 0.6 is 0 Å². The first kappa shape index (κ1) is 14.8.